The van der Waals surface area contributed by atoms with Gasteiger partial charge in [-0.15, -0.1) is 12.4 Å². The molecule has 1 fully saturated rings. The van der Waals surface area contributed by atoms with Crippen LogP contribution >= 0.6 is 23.7 Å². The summed E-state index contributed by atoms with van der Waals surface area (Å²) >= 11 is 1.41. The van der Waals surface area contributed by atoms with Crippen LogP contribution in [0.25, 0.3) is 10.2 Å². The maximum atomic E-state index is 13.3. The summed E-state index contributed by atoms with van der Waals surface area (Å²) in [7, 11) is -2.00. The number of aromatic nitrogens is 1. The first-order valence-corrected chi connectivity index (χ1v) is 14.4. The smallest absolute Gasteiger partial charge is 0.228 e. The van der Waals surface area contributed by atoms with Crippen LogP contribution in [0.4, 0.5) is 9.52 Å². The molecule has 0 aliphatic carbocycles. The van der Waals surface area contributed by atoms with Crippen LogP contribution in [-0.2, 0) is 19.4 Å². The molecule has 1 aliphatic rings. The second-order valence-electron chi connectivity index (χ2n) is 8.56. The Morgan fingerprint density at radius 1 is 1.16 bits per heavy atom. The second-order valence-corrected chi connectivity index (χ2v) is 11.7. The van der Waals surface area contributed by atoms with Gasteiger partial charge in [0.2, 0.25) is 5.91 Å². The molecule has 1 aliphatic heterocycles. The Hall–Kier alpha value is -2.31. The van der Waals surface area contributed by atoms with Crippen molar-refractivity contribution in [1.82, 2.24) is 9.88 Å². The lowest BCUT2D eigenvalue weighted by Crippen LogP contribution is -2.39. The number of hydrogen-bond acceptors (Lipinski definition) is 8. The maximum Gasteiger partial charge on any atom is 0.228 e. The van der Waals surface area contributed by atoms with Gasteiger partial charge in [-0.3, -0.25) is 14.6 Å². The summed E-state index contributed by atoms with van der Waals surface area (Å²) in [6.07, 6.45) is 0.993. The number of halogens is 2. The molecule has 0 N–H and O–H groups in total. The normalized spacial score (nSPS) is 14.3. The number of thiazole rings is 1. The lowest BCUT2D eigenvalue weighted by atomic mass is 10.2. The minimum atomic E-state index is -3.61. The van der Waals surface area contributed by atoms with Gasteiger partial charge in [0.05, 0.1) is 41.2 Å². The van der Waals surface area contributed by atoms with E-state index < -0.39 is 15.7 Å². The van der Waals surface area contributed by atoms with Crippen LogP contribution < -0.4 is 9.64 Å². The lowest BCUT2D eigenvalue weighted by molar-refractivity contribution is -0.118. The monoisotopic (exact) mass is 571 g/mol. The molecule has 12 heteroatoms. The third kappa shape index (κ3) is 7.84. The number of carbonyl (C=O) groups is 1. The van der Waals surface area contributed by atoms with Crippen LogP contribution in [0.3, 0.4) is 0 Å². The van der Waals surface area contributed by atoms with Crippen molar-refractivity contribution in [3.8, 4) is 5.75 Å². The Balaban J connectivity index is 0.00000380. The molecule has 0 bridgehead atoms. The number of anilines is 1. The van der Waals surface area contributed by atoms with Gasteiger partial charge in [0.15, 0.2) is 15.0 Å². The van der Waals surface area contributed by atoms with Gasteiger partial charge in [-0.2, -0.15) is 0 Å². The lowest BCUT2D eigenvalue weighted by Gasteiger charge is -2.27. The van der Waals surface area contributed by atoms with Crippen molar-refractivity contribution in [2.24, 2.45) is 0 Å². The molecule has 1 amide bonds. The molecule has 1 saturated heterocycles. The van der Waals surface area contributed by atoms with E-state index in [1.807, 2.05) is 18.2 Å². The van der Waals surface area contributed by atoms with Crippen LogP contribution in [0, 0.1) is 5.82 Å². The van der Waals surface area contributed by atoms with E-state index in [-0.39, 0.29) is 41.8 Å². The largest absolute Gasteiger partial charge is 0.497 e. The zero-order valence-corrected chi connectivity index (χ0v) is 23.0. The third-order valence-electron chi connectivity index (χ3n) is 6.05. The number of ether oxygens (including phenoxy) is 2. The highest BCUT2D eigenvalue weighted by Crippen LogP contribution is 2.32. The van der Waals surface area contributed by atoms with Crippen LogP contribution in [0.15, 0.2) is 47.4 Å². The highest BCUT2D eigenvalue weighted by Gasteiger charge is 2.22. The fraction of sp³-hybridized carbons (Fsp3) is 0.440. The first-order valence-electron chi connectivity index (χ1n) is 11.9. The average molecular weight is 572 g/mol. The molecule has 37 heavy (non-hydrogen) atoms. The van der Waals surface area contributed by atoms with Gasteiger partial charge in [-0.05, 0) is 55.3 Å². The Bertz CT molecular complexity index is 1280. The number of carbonyl (C=O) groups excluding carboxylic acids is 1. The number of benzene rings is 2. The van der Waals surface area contributed by atoms with Crippen molar-refractivity contribution in [3.05, 3.63) is 48.3 Å². The first-order chi connectivity index (χ1) is 17.4. The van der Waals surface area contributed by atoms with Gasteiger partial charge in [-0.1, -0.05) is 11.3 Å². The summed E-state index contributed by atoms with van der Waals surface area (Å²) < 4.78 is 50.0. The van der Waals surface area contributed by atoms with E-state index in [9.17, 15) is 17.6 Å². The van der Waals surface area contributed by atoms with E-state index in [1.54, 1.807) is 12.0 Å². The third-order valence-corrected chi connectivity index (χ3v) is 8.91. The molecule has 3 aromatic rings. The molecule has 4 rings (SSSR count). The SMILES string of the molecule is COc1ccc2nc(N(CCCN3CCOCC3)C(=O)CCCS(=O)(=O)c3ccc(F)cc3)sc2c1.Cl. The minimum Gasteiger partial charge on any atom is -0.497 e. The van der Waals surface area contributed by atoms with Gasteiger partial charge >= 0.3 is 0 Å². The van der Waals surface area contributed by atoms with Crippen LogP contribution in [0.1, 0.15) is 19.3 Å². The fourth-order valence-electron chi connectivity index (χ4n) is 4.05. The Morgan fingerprint density at radius 2 is 1.89 bits per heavy atom. The van der Waals surface area contributed by atoms with Crippen molar-refractivity contribution in [2.45, 2.75) is 24.2 Å². The van der Waals surface area contributed by atoms with Crippen LogP contribution in [-0.4, -0.2) is 76.5 Å². The molecule has 202 valence electrons. The number of sulfone groups is 1. The maximum absolute atomic E-state index is 13.3. The zero-order chi connectivity index (χ0) is 25.5. The first kappa shape index (κ1) is 29.2. The molecule has 0 unspecified atom stereocenters. The highest BCUT2D eigenvalue weighted by molar-refractivity contribution is 7.91. The molecule has 1 aromatic heterocycles. The van der Waals surface area contributed by atoms with Crippen molar-refractivity contribution in [1.29, 1.82) is 0 Å². The zero-order valence-electron chi connectivity index (χ0n) is 20.6. The predicted octanol–water partition coefficient (Wildman–Crippen LogP) is 4.18. The van der Waals surface area contributed by atoms with E-state index in [1.165, 1.54) is 23.5 Å². The summed E-state index contributed by atoms with van der Waals surface area (Å²) in [5.74, 6) is -0.139. The van der Waals surface area contributed by atoms with Gasteiger partial charge < -0.3 is 9.47 Å². The van der Waals surface area contributed by atoms with Gasteiger partial charge in [-0.25, -0.2) is 17.8 Å². The van der Waals surface area contributed by atoms with E-state index >= 15 is 0 Å². The number of nitrogens with zero attached hydrogens (tertiary/aromatic N) is 3. The van der Waals surface area contributed by atoms with Crippen LogP contribution in [0.5, 0.6) is 5.75 Å². The highest BCUT2D eigenvalue weighted by atomic mass is 35.5. The molecule has 2 heterocycles. The number of fused-ring (bicyclic) bond motifs is 1. The van der Waals surface area contributed by atoms with E-state index in [0.717, 1.165) is 48.4 Å². The molecule has 0 saturated carbocycles. The number of morpholine rings is 1. The topological polar surface area (TPSA) is 89.0 Å². The molecule has 0 atom stereocenters. The standard InChI is InChI=1S/C25H30FN3O5S2.ClH/c1-33-20-7-10-22-23(18-20)35-25(27-22)29(12-3-11-28-13-15-34-16-14-28)24(30)4-2-17-36(31,32)21-8-5-19(26)6-9-21;/h5-10,18H,2-4,11-17H2,1H3;1H. The van der Waals surface area contributed by atoms with Gasteiger partial charge in [0.25, 0.3) is 0 Å². The van der Waals surface area contributed by atoms with E-state index in [2.05, 4.69) is 9.88 Å². The van der Waals surface area contributed by atoms with Crippen LogP contribution in [0.2, 0.25) is 0 Å². The number of amides is 1. The van der Waals surface area contributed by atoms with Crippen molar-refractivity contribution in [2.75, 3.05) is 57.2 Å². The summed E-state index contributed by atoms with van der Waals surface area (Å²) in [6, 6.07) is 10.3. The number of hydrogen-bond donors (Lipinski definition) is 0. The number of rotatable bonds is 11. The van der Waals surface area contributed by atoms with Crippen molar-refractivity contribution >= 4 is 54.8 Å². The Morgan fingerprint density at radius 3 is 2.59 bits per heavy atom. The van der Waals surface area contributed by atoms with Crippen molar-refractivity contribution in [3.63, 3.8) is 0 Å². The molecular formula is C25H31ClFN3O5S2. The molecular weight excluding hydrogens is 541 g/mol. The average Bonchev–Trinajstić information content (AvgIpc) is 3.30. The Labute approximate surface area is 226 Å². The van der Waals surface area contributed by atoms with Gasteiger partial charge in [0, 0.05) is 32.6 Å². The summed E-state index contributed by atoms with van der Waals surface area (Å²) in [4.78, 5) is 22.0. The summed E-state index contributed by atoms with van der Waals surface area (Å²) in [5.41, 5.74) is 0.778. The summed E-state index contributed by atoms with van der Waals surface area (Å²) in [6.45, 7) is 4.49. The van der Waals surface area contributed by atoms with Crippen molar-refractivity contribution < 1.29 is 27.1 Å². The van der Waals surface area contributed by atoms with E-state index in [0.29, 0.717) is 30.6 Å². The quantitative estimate of drug-likeness (QED) is 0.319. The number of methoxy groups -OCH3 is 1. The van der Waals surface area contributed by atoms with E-state index in [4.69, 9.17) is 9.47 Å². The predicted molar refractivity (Wildman–Crippen MR) is 145 cm³/mol. The minimum absolute atomic E-state index is 0. The molecule has 2 aromatic carbocycles. The second kappa shape index (κ2) is 13.5. The summed E-state index contributed by atoms with van der Waals surface area (Å²) in [5, 5.41) is 0.589. The molecule has 0 radical (unpaired) electrons. The Kier molecular flexibility index (Phi) is 10.7. The molecule has 8 nitrogen and oxygen atoms in total. The molecule has 0 spiro atoms. The fourth-order valence-corrected chi connectivity index (χ4v) is 6.40. The van der Waals surface area contributed by atoms with Gasteiger partial charge in [0.1, 0.15) is 11.6 Å².